The smallest absolute Gasteiger partial charge is 0.251 e. The summed E-state index contributed by atoms with van der Waals surface area (Å²) >= 11 is 0. The van der Waals surface area contributed by atoms with E-state index in [2.05, 4.69) is 5.32 Å². The molecule has 3 rings (SSSR count). The topological polar surface area (TPSA) is 47.6 Å². The van der Waals surface area contributed by atoms with Crippen LogP contribution in [0.4, 0.5) is 0 Å². The molecule has 4 heteroatoms. The standard InChI is InChI=1S/C15H19NO3/c17-15(16-8-7-11-3-1-2-4-11)12-5-6-13-14(9-12)19-10-18-13/h5-6,9,11H,1-4,7-8,10H2,(H,16,17). The lowest BCUT2D eigenvalue weighted by Gasteiger charge is -2.10. The van der Waals surface area contributed by atoms with Gasteiger partial charge in [0.05, 0.1) is 0 Å². The number of carbonyl (C=O) groups is 1. The molecule has 2 aliphatic rings. The van der Waals surface area contributed by atoms with Crippen molar-refractivity contribution in [1.29, 1.82) is 0 Å². The van der Waals surface area contributed by atoms with Gasteiger partial charge in [0, 0.05) is 12.1 Å². The molecule has 1 N–H and O–H groups in total. The summed E-state index contributed by atoms with van der Waals surface area (Å²) < 4.78 is 10.5. The van der Waals surface area contributed by atoms with Crippen molar-refractivity contribution in [3.05, 3.63) is 23.8 Å². The molecule has 0 radical (unpaired) electrons. The van der Waals surface area contributed by atoms with Crippen LogP contribution in [0.5, 0.6) is 11.5 Å². The van der Waals surface area contributed by atoms with E-state index in [-0.39, 0.29) is 12.7 Å². The highest BCUT2D eigenvalue weighted by Gasteiger charge is 2.17. The van der Waals surface area contributed by atoms with Crippen LogP contribution in [0.15, 0.2) is 18.2 Å². The van der Waals surface area contributed by atoms with Gasteiger partial charge in [0.1, 0.15) is 0 Å². The van der Waals surface area contributed by atoms with Gasteiger partial charge in [0.2, 0.25) is 6.79 Å². The largest absolute Gasteiger partial charge is 0.454 e. The molecule has 19 heavy (non-hydrogen) atoms. The van der Waals surface area contributed by atoms with Crippen molar-refractivity contribution in [2.24, 2.45) is 5.92 Å². The van der Waals surface area contributed by atoms with Crippen LogP contribution in [-0.2, 0) is 0 Å². The third kappa shape index (κ3) is 2.83. The molecule has 102 valence electrons. The third-order valence-electron chi connectivity index (χ3n) is 3.95. The number of benzene rings is 1. The fourth-order valence-electron chi connectivity index (χ4n) is 2.83. The maximum Gasteiger partial charge on any atom is 0.251 e. The Morgan fingerprint density at radius 2 is 2.00 bits per heavy atom. The van der Waals surface area contributed by atoms with Crippen molar-refractivity contribution in [2.45, 2.75) is 32.1 Å². The first-order valence-electron chi connectivity index (χ1n) is 7.01. The number of hydrogen-bond acceptors (Lipinski definition) is 3. The minimum atomic E-state index is -0.0312. The van der Waals surface area contributed by atoms with Gasteiger partial charge in [-0.1, -0.05) is 25.7 Å². The summed E-state index contributed by atoms with van der Waals surface area (Å²) in [6.45, 7) is 1.00. The van der Waals surface area contributed by atoms with Gasteiger partial charge >= 0.3 is 0 Å². The van der Waals surface area contributed by atoms with E-state index in [0.29, 0.717) is 17.1 Å². The normalized spacial score (nSPS) is 17.7. The van der Waals surface area contributed by atoms with Gasteiger partial charge in [-0.05, 0) is 30.5 Å². The monoisotopic (exact) mass is 261 g/mol. The van der Waals surface area contributed by atoms with Crippen LogP contribution < -0.4 is 14.8 Å². The summed E-state index contributed by atoms with van der Waals surface area (Å²) in [5.41, 5.74) is 0.635. The van der Waals surface area contributed by atoms with Crippen molar-refractivity contribution in [3.63, 3.8) is 0 Å². The van der Waals surface area contributed by atoms with Crippen LogP contribution in [-0.4, -0.2) is 19.2 Å². The summed E-state index contributed by atoms with van der Waals surface area (Å²) in [6, 6.07) is 5.31. The molecule has 0 bridgehead atoms. The summed E-state index contributed by atoms with van der Waals surface area (Å²) in [5.74, 6) is 2.14. The molecule has 1 aliphatic carbocycles. The average Bonchev–Trinajstić information content (AvgIpc) is 3.08. The first kappa shape index (κ1) is 12.3. The van der Waals surface area contributed by atoms with E-state index in [4.69, 9.17) is 9.47 Å². The molecule has 4 nitrogen and oxygen atoms in total. The van der Waals surface area contributed by atoms with Crippen molar-refractivity contribution < 1.29 is 14.3 Å². The molecule has 0 spiro atoms. The lowest BCUT2D eigenvalue weighted by molar-refractivity contribution is 0.0951. The average molecular weight is 261 g/mol. The maximum atomic E-state index is 12.0. The third-order valence-corrected chi connectivity index (χ3v) is 3.95. The molecule has 0 aromatic heterocycles. The molecule has 0 unspecified atom stereocenters. The van der Waals surface area contributed by atoms with Crippen molar-refractivity contribution in [3.8, 4) is 11.5 Å². The lowest BCUT2D eigenvalue weighted by atomic mass is 10.0. The number of rotatable bonds is 4. The first-order valence-corrected chi connectivity index (χ1v) is 7.01. The van der Waals surface area contributed by atoms with E-state index in [1.807, 2.05) is 0 Å². The zero-order valence-electron chi connectivity index (χ0n) is 11.0. The molecule has 0 atom stereocenters. The molecule has 1 heterocycles. The number of fused-ring (bicyclic) bond motifs is 1. The summed E-state index contributed by atoms with van der Waals surface area (Å²) in [6.07, 6.45) is 6.43. The molecular formula is C15H19NO3. The Labute approximate surface area is 113 Å². The Kier molecular flexibility index (Phi) is 3.58. The Morgan fingerprint density at radius 3 is 2.84 bits per heavy atom. The van der Waals surface area contributed by atoms with Crippen LogP contribution in [0.3, 0.4) is 0 Å². The van der Waals surface area contributed by atoms with E-state index in [0.717, 1.165) is 18.9 Å². The lowest BCUT2D eigenvalue weighted by Crippen LogP contribution is -2.25. The van der Waals surface area contributed by atoms with E-state index >= 15 is 0 Å². The highest BCUT2D eigenvalue weighted by Crippen LogP contribution is 2.32. The predicted octanol–water partition coefficient (Wildman–Crippen LogP) is 2.73. The van der Waals surface area contributed by atoms with E-state index in [1.165, 1.54) is 25.7 Å². The van der Waals surface area contributed by atoms with Gasteiger partial charge < -0.3 is 14.8 Å². The van der Waals surface area contributed by atoms with Crippen LogP contribution in [0, 0.1) is 5.92 Å². The molecule has 1 amide bonds. The molecule has 1 fully saturated rings. The summed E-state index contributed by atoms with van der Waals surface area (Å²) in [7, 11) is 0. The molecule has 1 saturated carbocycles. The Balaban J connectivity index is 1.52. The highest BCUT2D eigenvalue weighted by atomic mass is 16.7. The van der Waals surface area contributed by atoms with E-state index in [1.54, 1.807) is 18.2 Å². The number of ether oxygens (including phenoxy) is 2. The van der Waals surface area contributed by atoms with E-state index in [9.17, 15) is 4.79 Å². The number of carbonyl (C=O) groups excluding carboxylic acids is 1. The van der Waals surface area contributed by atoms with Crippen molar-refractivity contribution in [2.75, 3.05) is 13.3 Å². The zero-order chi connectivity index (χ0) is 13.1. The van der Waals surface area contributed by atoms with Crippen LogP contribution in [0.25, 0.3) is 0 Å². The molecule has 1 aromatic carbocycles. The molecule has 0 saturated heterocycles. The van der Waals surface area contributed by atoms with Gasteiger partial charge in [0.15, 0.2) is 11.5 Å². The Morgan fingerprint density at radius 1 is 1.21 bits per heavy atom. The van der Waals surface area contributed by atoms with Gasteiger partial charge in [-0.25, -0.2) is 0 Å². The Bertz CT molecular complexity index is 466. The predicted molar refractivity (Wildman–Crippen MR) is 71.5 cm³/mol. The number of amides is 1. The second-order valence-electron chi connectivity index (χ2n) is 5.26. The minimum Gasteiger partial charge on any atom is -0.454 e. The van der Waals surface area contributed by atoms with Gasteiger partial charge in [-0.15, -0.1) is 0 Å². The summed E-state index contributed by atoms with van der Waals surface area (Å²) in [4.78, 5) is 12.0. The molecule has 1 aromatic rings. The van der Waals surface area contributed by atoms with Crippen LogP contribution in [0.1, 0.15) is 42.5 Å². The number of nitrogens with one attached hydrogen (secondary N) is 1. The SMILES string of the molecule is O=C(NCCC1CCCC1)c1ccc2c(c1)OCO2. The molecule has 1 aliphatic heterocycles. The highest BCUT2D eigenvalue weighted by molar-refractivity contribution is 5.94. The first-order chi connectivity index (χ1) is 9.33. The summed E-state index contributed by atoms with van der Waals surface area (Å²) in [5, 5.41) is 2.98. The van der Waals surface area contributed by atoms with Gasteiger partial charge in [-0.2, -0.15) is 0 Å². The quantitative estimate of drug-likeness (QED) is 0.906. The molecular weight excluding hydrogens is 242 g/mol. The van der Waals surface area contributed by atoms with Gasteiger partial charge in [0.25, 0.3) is 5.91 Å². The zero-order valence-corrected chi connectivity index (χ0v) is 11.0. The van der Waals surface area contributed by atoms with Crippen LogP contribution >= 0.6 is 0 Å². The van der Waals surface area contributed by atoms with Crippen molar-refractivity contribution >= 4 is 5.91 Å². The second-order valence-corrected chi connectivity index (χ2v) is 5.26. The second kappa shape index (κ2) is 5.51. The maximum absolute atomic E-state index is 12.0. The minimum absolute atomic E-state index is 0.0312. The van der Waals surface area contributed by atoms with Gasteiger partial charge in [-0.3, -0.25) is 4.79 Å². The van der Waals surface area contributed by atoms with Crippen molar-refractivity contribution in [1.82, 2.24) is 5.32 Å². The fraction of sp³-hybridized carbons (Fsp3) is 0.533. The van der Waals surface area contributed by atoms with Crippen LogP contribution in [0.2, 0.25) is 0 Å². The number of hydrogen-bond donors (Lipinski definition) is 1. The fourth-order valence-corrected chi connectivity index (χ4v) is 2.83. The van der Waals surface area contributed by atoms with E-state index < -0.39 is 0 Å². The Hall–Kier alpha value is -1.71.